The van der Waals surface area contributed by atoms with Crippen molar-refractivity contribution in [3.8, 4) is 0 Å². The van der Waals surface area contributed by atoms with Crippen LogP contribution in [0.5, 0.6) is 0 Å². The van der Waals surface area contributed by atoms with E-state index in [0.29, 0.717) is 31.0 Å². The zero-order chi connectivity index (χ0) is 19.6. The van der Waals surface area contributed by atoms with Crippen LogP contribution in [0.25, 0.3) is 0 Å². The van der Waals surface area contributed by atoms with Crippen molar-refractivity contribution < 1.29 is 26.3 Å². The molecule has 0 aliphatic rings. The fraction of sp³-hybridized carbons (Fsp3) is 0.562. The highest BCUT2D eigenvalue weighted by Crippen LogP contribution is 2.15. The molecule has 0 spiro atoms. The van der Waals surface area contributed by atoms with Crippen molar-refractivity contribution >= 4 is 15.8 Å². The number of hydrogen-bond acceptors (Lipinski definition) is 4. The van der Waals surface area contributed by atoms with Crippen LogP contribution in [-0.2, 0) is 27.7 Å². The second-order valence-corrected chi connectivity index (χ2v) is 8.02. The van der Waals surface area contributed by atoms with E-state index in [1.807, 2.05) is 0 Å². The average Bonchev–Trinajstić information content (AvgIpc) is 2.53. The summed E-state index contributed by atoms with van der Waals surface area (Å²) in [6.45, 7) is -0.425. The monoisotopic (exact) mass is 395 g/mol. The van der Waals surface area contributed by atoms with E-state index in [0.717, 1.165) is 5.56 Å². The standard InChI is InChI=1S/C16H24F3N3O3S/c1-20-15(21-8-3-9-26(2,23)24)22-10-13-4-6-14(7-5-13)11-25-12-16(17,18)19/h4-7H,3,8-12H2,1-2H3,(H2,20,21,22). The molecule has 148 valence electrons. The number of halogens is 3. The largest absolute Gasteiger partial charge is 0.411 e. The van der Waals surface area contributed by atoms with Gasteiger partial charge < -0.3 is 15.4 Å². The van der Waals surface area contributed by atoms with Crippen LogP contribution in [0.3, 0.4) is 0 Å². The number of aliphatic imine (C=N–C) groups is 1. The fourth-order valence-corrected chi connectivity index (χ4v) is 2.65. The summed E-state index contributed by atoms with van der Waals surface area (Å²) in [4.78, 5) is 4.04. The van der Waals surface area contributed by atoms with Crippen molar-refractivity contribution in [2.45, 2.75) is 25.7 Å². The van der Waals surface area contributed by atoms with Crippen LogP contribution in [0.1, 0.15) is 17.5 Å². The van der Waals surface area contributed by atoms with E-state index in [9.17, 15) is 21.6 Å². The Hall–Kier alpha value is -1.81. The van der Waals surface area contributed by atoms with E-state index >= 15 is 0 Å². The van der Waals surface area contributed by atoms with E-state index in [-0.39, 0.29) is 12.4 Å². The van der Waals surface area contributed by atoms with Gasteiger partial charge in [-0.3, -0.25) is 4.99 Å². The molecule has 0 unspecified atom stereocenters. The van der Waals surface area contributed by atoms with Crippen molar-refractivity contribution in [2.24, 2.45) is 4.99 Å². The quantitative estimate of drug-likeness (QED) is 0.379. The van der Waals surface area contributed by atoms with Crippen LogP contribution in [-0.4, -0.2) is 52.8 Å². The first kappa shape index (κ1) is 22.2. The lowest BCUT2D eigenvalue weighted by Crippen LogP contribution is -2.37. The summed E-state index contributed by atoms with van der Waals surface area (Å²) < 4.78 is 62.8. The number of hydrogen-bond donors (Lipinski definition) is 2. The molecule has 0 bridgehead atoms. The molecule has 0 fully saturated rings. The van der Waals surface area contributed by atoms with E-state index in [2.05, 4.69) is 20.4 Å². The number of nitrogens with one attached hydrogen (secondary N) is 2. The van der Waals surface area contributed by atoms with Gasteiger partial charge >= 0.3 is 6.18 Å². The van der Waals surface area contributed by atoms with E-state index in [1.165, 1.54) is 6.26 Å². The third-order valence-electron chi connectivity index (χ3n) is 3.23. The number of benzene rings is 1. The molecule has 1 aromatic rings. The molecule has 0 saturated carbocycles. The maximum Gasteiger partial charge on any atom is 0.411 e. The van der Waals surface area contributed by atoms with Gasteiger partial charge in [-0.15, -0.1) is 0 Å². The summed E-state index contributed by atoms with van der Waals surface area (Å²) in [5.74, 6) is 0.644. The van der Waals surface area contributed by atoms with Crippen LogP contribution >= 0.6 is 0 Å². The Balaban J connectivity index is 2.34. The molecule has 10 heteroatoms. The number of rotatable bonds is 9. The van der Waals surface area contributed by atoms with Crippen molar-refractivity contribution in [1.82, 2.24) is 10.6 Å². The molecular formula is C16H24F3N3O3S. The van der Waals surface area contributed by atoms with Crippen molar-refractivity contribution in [2.75, 3.05) is 32.2 Å². The summed E-state index contributed by atoms with van der Waals surface area (Å²) in [6.07, 6.45) is -2.65. The van der Waals surface area contributed by atoms with Gasteiger partial charge in [-0.25, -0.2) is 8.42 Å². The van der Waals surface area contributed by atoms with Crippen molar-refractivity contribution in [3.05, 3.63) is 35.4 Å². The van der Waals surface area contributed by atoms with Crippen LogP contribution in [0, 0.1) is 0 Å². The predicted octanol–water partition coefficient (Wildman–Crippen LogP) is 1.87. The Labute approximate surface area is 151 Å². The number of nitrogens with zero attached hydrogens (tertiary/aromatic N) is 1. The molecule has 0 saturated heterocycles. The third-order valence-corrected chi connectivity index (χ3v) is 4.26. The van der Waals surface area contributed by atoms with Gasteiger partial charge in [-0.1, -0.05) is 24.3 Å². The molecule has 0 aliphatic carbocycles. The molecule has 26 heavy (non-hydrogen) atoms. The number of ether oxygens (including phenoxy) is 1. The number of alkyl halides is 3. The van der Waals surface area contributed by atoms with Gasteiger partial charge in [-0.2, -0.15) is 13.2 Å². The van der Waals surface area contributed by atoms with Gasteiger partial charge in [0.05, 0.1) is 12.4 Å². The second kappa shape index (κ2) is 10.4. The Morgan fingerprint density at radius 2 is 1.77 bits per heavy atom. The Morgan fingerprint density at radius 3 is 2.31 bits per heavy atom. The van der Waals surface area contributed by atoms with Crippen LogP contribution in [0.15, 0.2) is 29.3 Å². The summed E-state index contributed by atoms with van der Waals surface area (Å²) in [5, 5.41) is 6.09. The molecule has 0 aromatic heterocycles. The molecular weight excluding hydrogens is 371 g/mol. The number of guanidine groups is 1. The van der Waals surface area contributed by atoms with E-state index in [4.69, 9.17) is 0 Å². The highest BCUT2D eigenvalue weighted by Gasteiger charge is 2.27. The van der Waals surface area contributed by atoms with Gasteiger partial charge in [0.15, 0.2) is 5.96 Å². The molecule has 1 aromatic carbocycles. The first-order valence-corrected chi connectivity index (χ1v) is 10.00. The maximum atomic E-state index is 12.0. The molecule has 0 atom stereocenters. The van der Waals surface area contributed by atoms with Crippen LogP contribution < -0.4 is 10.6 Å². The maximum absolute atomic E-state index is 12.0. The topological polar surface area (TPSA) is 79.8 Å². The molecule has 0 radical (unpaired) electrons. The Kier molecular flexibility index (Phi) is 8.86. The molecule has 0 aliphatic heterocycles. The predicted molar refractivity (Wildman–Crippen MR) is 94.7 cm³/mol. The zero-order valence-electron chi connectivity index (χ0n) is 14.8. The molecule has 0 heterocycles. The summed E-state index contributed by atoms with van der Waals surface area (Å²) in [5.41, 5.74) is 1.57. The lowest BCUT2D eigenvalue weighted by molar-refractivity contribution is -0.176. The Bertz CT molecular complexity index is 674. The third kappa shape index (κ3) is 10.9. The van der Waals surface area contributed by atoms with Crippen LogP contribution in [0.2, 0.25) is 0 Å². The van der Waals surface area contributed by atoms with Gasteiger partial charge in [0, 0.05) is 26.4 Å². The van der Waals surface area contributed by atoms with Gasteiger partial charge in [0.2, 0.25) is 0 Å². The van der Waals surface area contributed by atoms with Crippen molar-refractivity contribution in [3.63, 3.8) is 0 Å². The minimum absolute atomic E-state index is 0.100. The molecule has 0 amide bonds. The fourth-order valence-electron chi connectivity index (χ4n) is 1.99. The number of sulfone groups is 1. The Morgan fingerprint density at radius 1 is 1.15 bits per heavy atom. The molecule has 2 N–H and O–H groups in total. The first-order chi connectivity index (χ1) is 12.1. The highest BCUT2D eigenvalue weighted by atomic mass is 32.2. The first-order valence-electron chi connectivity index (χ1n) is 7.93. The summed E-state index contributed by atoms with van der Waals surface area (Å²) >= 11 is 0. The normalized spacial score (nSPS) is 12.9. The van der Waals surface area contributed by atoms with Crippen molar-refractivity contribution in [1.29, 1.82) is 0 Å². The smallest absolute Gasteiger partial charge is 0.367 e. The summed E-state index contributed by atoms with van der Waals surface area (Å²) in [6, 6.07) is 6.98. The lowest BCUT2D eigenvalue weighted by atomic mass is 10.1. The zero-order valence-corrected chi connectivity index (χ0v) is 15.6. The van der Waals surface area contributed by atoms with Gasteiger partial charge in [-0.05, 0) is 17.5 Å². The minimum atomic E-state index is -4.33. The van der Waals surface area contributed by atoms with E-state index < -0.39 is 22.6 Å². The molecule has 6 nitrogen and oxygen atoms in total. The second-order valence-electron chi connectivity index (χ2n) is 5.76. The SMILES string of the molecule is CN=C(NCCCS(C)(=O)=O)NCc1ccc(COCC(F)(F)F)cc1. The van der Waals surface area contributed by atoms with E-state index in [1.54, 1.807) is 31.3 Å². The average molecular weight is 395 g/mol. The lowest BCUT2D eigenvalue weighted by Gasteiger charge is -2.12. The molecule has 1 rings (SSSR count). The van der Waals surface area contributed by atoms with Gasteiger partial charge in [0.1, 0.15) is 16.4 Å². The van der Waals surface area contributed by atoms with Crippen LogP contribution in [0.4, 0.5) is 13.2 Å². The highest BCUT2D eigenvalue weighted by molar-refractivity contribution is 7.90. The van der Waals surface area contributed by atoms with Gasteiger partial charge in [0.25, 0.3) is 0 Å². The minimum Gasteiger partial charge on any atom is -0.367 e. The summed E-state index contributed by atoms with van der Waals surface area (Å²) in [7, 11) is -1.37.